The van der Waals surface area contributed by atoms with Gasteiger partial charge in [0.15, 0.2) is 11.5 Å². The van der Waals surface area contributed by atoms with Crippen LogP contribution in [0.5, 0.6) is 11.5 Å². The van der Waals surface area contributed by atoms with Crippen molar-refractivity contribution in [1.82, 2.24) is 0 Å². The van der Waals surface area contributed by atoms with Crippen LogP contribution in [0.1, 0.15) is 6.42 Å². The van der Waals surface area contributed by atoms with Crippen molar-refractivity contribution in [2.45, 2.75) is 6.42 Å². The second-order valence-electron chi connectivity index (χ2n) is 2.45. The largest absolute Gasteiger partial charge is 0.493 e. The van der Waals surface area contributed by atoms with Crippen LogP contribution in [0.3, 0.4) is 0 Å². The molecule has 0 heterocycles. The maximum Gasteiger partial charge on any atom is 0.161 e. The third-order valence-electron chi connectivity index (χ3n) is 1.56. The van der Waals surface area contributed by atoms with Crippen molar-refractivity contribution in [3.63, 3.8) is 0 Å². The van der Waals surface area contributed by atoms with Gasteiger partial charge < -0.3 is 14.3 Å². The summed E-state index contributed by atoms with van der Waals surface area (Å²) in [5.41, 5.74) is 0. The minimum absolute atomic E-state index is 0.393. The standard InChI is InChI=1S/C10H12O3/c1-12-9-5-2-3-6-10(9)13-8-4-7-11/h2-3,5-7H,4,8H2,1H3. The van der Waals surface area contributed by atoms with Crippen molar-refractivity contribution in [3.05, 3.63) is 24.3 Å². The molecule has 0 aliphatic heterocycles. The second-order valence-corrected chi connectivity index (χ2v) is 2.45. The van der Waals surface area contributed by atoms with E-state index in [1.165, 1.54) is 0 Å². The Kier molecular flexibility index (Phi) is 3.82. The van der Waals surface area contributed by atoms with Gasteiger partial charge in [0.25, 0.3) is 0 Å². The number of hydrogen-bond donors (Lipinski definition) is 0. The SMILES string of the molecule is COc1ccccc1OCCC=O. The molecule has 0 spiro atoms. The lowest BCUT2D eigenvalue weighted by Gasteiger charge is -2.08. The van der Waals surface area contributed by atoms with Crippen LogP contribution in [0.2, 0.25) is 0 Å². The van der Waals surface area contributed by atoms with E-state index >= 15 is 0 Å². The van der Waals surface area contributed by atoms with Gasteiger partial charge in [-0.2, -0.15) is 0 Å². The average molecular weight is 180 g/mol. The van der Waals surface area contributed by atoms with E-state index in [-0.39, 0.29) is 0 Å². The van der Waals surface area contributed by atoms with E-state index in [1.54, 1.807) is 7.11 Å². The molecule has 0 bridgehead atoms. The molecule has 0 aliphatic carbocycles. The highest BCUT2D eigenvalue weighted by Gasteiger charge is 2.00. The first-order chi connectivity index (χ1) is 6.38. The number of methoxy groups -OCH3 is 1. The summed E-state index contributed by atoms with van der Waals surface area (Å²) < 4.78 is 10.4. The predicted octanol–water partition coefficient (Wildman–Crippen LogP) is 1.66. The van der Waals surface area contributed by atoms with Crippen LogP contribution < -0.4 is 9.47 Å². The maximum atomic E-state index is 10.0. The topological polar surface area (TPSA) is 35.5 Å². The molecule has 3 heteroatoms. The fourth-order valence-corrected chi connectivity index (χ4v) is 0.955. The summed E-state index contributed by atoms with van der Waals surface area (Å²) in [6.45, 7) is 0.393. The zero-order valence-electron chi connectivity index (χ0n) is 7.53. The van der Waals surface area contributed by atoms with Gasteiger partial charge in [0.05, 0.1) is 13.7 Å². The van der Waals surface area contributed by atoms with Crippen molar-refractivity contribution in [1.29, 1.82) is 0 Å². The summed E-state index contributed by atoms with van der Waals surface area (Å²) >= 11 is 0. The van der Waals surface area contributed by atoms with Crippen LogP contribution in [0.15, 0.2) is 24.3 Å². The molecule has 70 valence electrons. The van der Waals surface area contributed by atoms with Gasteiger partial charge in [-0.05, 0) is 12.1 Å². The van der Waals surface area contributed by atoms with Crippen LogP contribution in [0.4, 0.5) is 0 Å². The van der Waals surface area contributed by atoms with Crippen LogP contribution in [-0.2, 0) is 4.79 Å². The third-order valence-corrected chi connectivity index (χ3v) is 1.56. The van der Waals surface area contributed by atoms with Crippen molar-refractivity contribution >= 4 is 6.29 Å². The fourth-order valence-electron chi connectivity index (χ4n) is 0.955. The molecule has 0 saturated carbocycles. The van der Waals surface area contributed by atoms with Gasteiger partial charge in [-0.25, -0.2) is 0 Å². The summed E-state index contributed by atoms with van der Waals surface area (Å²) in [5, 5.41) is 0. The Labute approximate surface area is 77.3 Å². The maximum absolute atomic E-state index is 10.0. The number of hydrogen-bond acceptors (Lipinski definition) is 3. The molecule has 0 fully saturated rings. The Morgan fingerprint density at radius 2 is 2.00 bits per heavy atom. The first kappa shape index (κ1) is 9.58. The molecule has 0 amide bonds. The van der Waals surface area contributed by atoms with E-state index in [2.05, 4.69) is 0 Å². The Morgan fingerprint density at radius 1 is 1.31 bits per heavy atom. The number of carbonyl (C=O) groups is 1. The molecular formula is C10H12O3. The van der Waals surface area contributed by atoms with Crippen molar-refractivity contribution < 1.29 is 14.3 Å². The lowest BCUT2D eigenvalue weighted by Crippen LogP contribution is -1.99. The van der Waals surface area contributed by atoms with Gasteiger partial charge in [-0.1, -0.05) is 12.1 Å². The number of rotatable bonds is 5. The van der Waals surface area contributed by atoms with Crippen LogP contribution in [-0.4, -0.2) is 20.0 Å². The summed E-state index contributed by atoms with van der Waals surface area (Å²) in [6.07, 6.45) is 1.23. The monoisotopic (exact) mass is 180 g/mol. The number of aldehydes is 1. The smallest absolute Gasteiger partial charge is 0.161 e. The van der Waals surface area contributed by atoms with Gasteiger partial charge >= 0.3 is 0 Å². The lowest BCUT2D eigenvalue weighted by molar-refractivity contribution is -0.108. The number of carbonyl (C=O) groups excluding carboxylic acids is 1. The van der Waals surface area contributed by atoms with E-state index in [4.69, 9.17) is 9.47 Å². The molecule has 1 aromatic rings. The zero-order valence-corrected chi connectivity index (χ0v) is 7.53. The minimum atomic E-state index is 0.393. The summed E-state index contributed by atoms with van der Waals surface area (Å²) in [5.74, 6) is 1.36. The first-order valence-electron chi connectivity index (χ1n) is 4.08. The van der Waals surface area contributed by atoms with Gasteiger partial charge in [0.2, 0.25) is 0 Å². The summed E-state index contributed by atoms with van der Waals surface area (Å²) in [6, 6.07) is 7.35. The van der Waals surface area contributed by atoms with Gasteiger partial charge in [-0.15, -0.1) is 0 Å². The summed E-state index contributed by atoms with van der Waals surface area (Å²) in [4.78, 5) is 10.0. The predicted molar refractivity (Wildman–Crippen MR) is 49.2 cm³/mol. The van der Waals surface area contributed by atoms with E-state index in [0.717, 1.165) is 6.29 Å². The Bertz CT molecular complexity index is 271. The van der Waals surface area contributed by atoms with Crippen molar-refractivity contribution in [2.75, 3.05) is 13.7 Å². The zero-order chi connectivity index (χ0) is 9.52. The lowest BCUT2D eigenvalue weighted by atomic mass is 10.3. The Balaban J connectivity index is 2.58. The molecule has 0 unspecified atom stereocenters. The number of benzene rings is 1. The summed E-state index contributed by atoms with van der Waals surface area (Å²) in [7, 11) is 1.59. The van der Waals surface area contributed by atoms with Crippen molar-refractivity contribution in [2.24, 2.45) is 0 Å². The fraction of sp³-hybridized carbons (Fsp3) is 0.300. The molecule has 1 rings (SSSR count). The van der Waals surface area contributed by atoms with Crippen LogP contribution >= 0.6 is 0 Å². The molecule has 1 aromatic carbocycles. The Hall–Kier alpha value is -1.51. The first-order valence-corrected chi connectivity index (χ1v) is 4.08. The minimum Gasteiger partial charge on any atom is -0.493 e. The van der Waals surface area contributed by atoms with Crippen LogP contribution in [0.25, 0.3) is 0 Å². The molecule has 0 aliphatic rings. The van der Waals surface area contributed by atoms with E-state index in [0.29, 0.717) is 24.5 Å². The quantitative estimate of drug-likeness (QED) is 0.510. The molecule has 0 atom stereocenters. The molecule has 13 heavy (non-hydrogen) atoms. The molecule has 0 aromatic heterocycles. The molecule has 3 nitrogen and oxygen atoms in total. The van der Waals surface area contributed by atoms with Crippen molar-refractivity contribution in [3.8, 4) is 11.5 Å². The van der Waals surface area contributed by atoms with E-state index in [1.807, 2.05) is 24.3 Å². The number of para-hydroxylation sites is 2. The average Bonchev–Trinajstić information content (AvgIpc) is 2.19. The Morgan fingerprint density at radius 3 is 2.62 bits per heavy atom. The highest BCUT2D eigenvalue weighted by atomic mass is 16.5. The number of ether oxygens (including phenoxy) is 2. The molecule has 0 saturated heterocycles. The highest BCUT2D eigenvalue weighted by Crippen LogP contribution is 2.25. The molecular weight excluding hydrogens is 168 g/mol. The van der Waals surface area contributed by atoms with Gasteiger partial charge in [0, 0.05) is 6.42 Å². The highest BCUT2D eigenvalue weighted by molar-refractivity contribution is 5.49. The normalized spacial score (nSPS) is 9.31. The van der Waals surface area contributed by atoms with Gasteiger partial charge in [-0.3, -0.25) is 0 Å². The van der Waals surface area contributed by atoms with Crippen LogP contribution in [0, 0.1) is 0 Å². The van der Waals surface area contributed by atoms with Gasteiger partial charge in [0.1, 0.15) is 6.29 Å². The second kappa shape index (κ2) is 5.19. The van der Waals surface area contributed by atoms with E-state index in [9.17, 15) is 4.79 Å². The van der Waals surface area contributed by atoms with E-state index < -0.39 is 0 Å². The molecule has 0 radical (unpaired) electrons. The third kappa shape index (κ3) is 2.78. The molecule has 0 N–H and O–H groups in total.